The third-order valence-electron chi connectivity index (χ3n) is 2.80. The lowest BCUT2D eigenvalue weighted by atomic mass is 10.3. The second kappa shape index (κ2) is 4.38. The van der Waals surface area contributed by atoms with Gasteiger partial charge in [0.05, 0.1) is 21.3 Å². The summed E-state index contributed by atoms with van der Waals surface area (Å²) in [7, 11) is 0. The zero-order valence-electron chi connectivity index (χ0n) is 9.99. The van der Waals surface area contributed by atoms with E-state index in [4.69, 9.17) is 0 Å². The van der Waals surface area contributed by atoms with Crippen LogP contribution in [0.2, 0.25) is 0 Å². The van der Waals surface area contributed by atoms with Gasteiger partial charge in [-0.2, -0.15) is 0 Å². The third-order valence-corrected chi connectivity index (χ3v) is 4.95. The molecule has 1 aliphatic carbocycles. The summed E-state index contributed by atoms with van der Waals surface area (Å²) in [6, 6.07) is 0. The third kappa shape index (κ3) is 2.21. The number of anilines is 1. The van der Waals surface area contributed by atoms with Crippen LogP contribution in [0.5, 0.6) is 0 Å². The summed E-state index contributed by atoms with van der Waals surface area (Å²) in [4.78, 5) is 10.5. The van der Waals surface area contributed by atoms with Crippen LogP contribution in [0.15, 0.2) is 5.38 Å². The van der Waals surface area contributed by atoms with E-state index in [0.29, 0.717) is 0 Å². The molecule has 0 atom stereocenters. The van der Waals surface area contributed by atoms with Gasteiger partial charge in [0.1, 0.15) is 0 Å². The lowest BCUT2D eigenvalue weighted by Crippen LogP contribution is -1.94. The molecule has 1 fully saturated rings. The van der Waals surface area contributed by atoms with Gasteiger partial charge < -0.3 is 5.32 Å². The first-order valence-electron chi connectivity index (χ1n) is 5.95. The quantitative estimate of drug-likeness (QED) is 0.911. The second-order valence-corrected chi connectivity index (χ2v) is 6.20. The average Bonchev–Trinajstić information content (AvgIpc) is 2.94. The summed E-state index contributed by atoms with van der Waals surface area (Å²) in [6.45, 7) is 5.09. The van der Waals surface area contributed by atoms with E-state index < -0.39 is 0 Å². The Morgan fingerprint density at radius 3 is 2.94 bits per heavy atom. The van der Waals surface area contributed by atoms with Crippen molar-refractivity contribution in [1.29, 1.82) is 0 Å². The second-order valence-electron chi connectivity index (χ2n) is 4.31. The summed E-state index contributed by atoms with van der Waals surface area (Å²) in [5, 5.41) is 7.68. The van der Waals surface area contributed by atoms with Gasteiger partial charge in [-0.15, -0.1) is 22.7 Å². The van der Waals surface area contributed by atoms with Gasteiger partial charge >= 0.3 is 0 Å². The first-order chi connectivity index (χ1) is 8.28. The predicted octanol–water partition coefficient (Wildman–Crippen LogP) is 3.88. The SMILES string of the molecule is CCNc1nc(-c2sc(C3CC3)nc2C)cs1. The number of hydrogen-bond donors (Lipinski definition) is 1. The molecule has 0 aliphatic heterocycles. The fourth-order valence-corrected chi connectivity index (χ4v) is 3.81. The molecule has 1 saturated carbocycles. The van der Waals surface area contributed by atoms with Crippen molar-refractivity contribution in [3.05, 3.63) is 16.1 Å². The molecule has 17 heavy (non-hydrogen) atoms. The highest BCUT2D eigenvalue weighted by Gasteiger charge is 2.28. The molecule has 3 nitrogen and oxygen atoms in total. The van der Waals surface area contributed by atoms with Crippen molar-refractivity contribution in [3.63, 3.8) is 0 Å². The molecular weight excluding hydrogens is 250 g/mol. The smallest absolute Gasteiger partial charge is 0.183 e. The van der Waals surface area contributed by atoms with E-state index in [2.05, 4.69) is 34.5 Å². The van der Waals surface area contributed by atoms with Crippen LogP contribution < -0.4 is 5.32 Å². The lowest BCUT2D eigenvalue weighted by Gasteiger charge is -1.94. The van der Waals surface area contributed by atoms with Gasteiger partial charge in [0.2, 0.25) is 0 Å². The van der Waals surface area contributed by atoms with Crippen molar-refractivity contribution in [1.82, 2.24) is 9.97 Å². The molecule has 0 spiro atoms. The molecule has 2 heterocycles. The fraction of sp³-hybridized carbons (Fsp3) is 0.500. The Hall–Kier alpha value is -0.940. The highest BCUT2D eigenvalue weighted by molar-refractivity contribution is 7.17. The van der Waals surface area contributed by atoms with Crippen molar-refractivity contribution in [3.8, 4) is 10.6 Å². The molecule has 2 aromatic rings. The van der Waals surface area contributed by atoms with E-state index >= 15 is 0 Å². The van der Waals surface area contributed by atoms with E-state index in [-0.39, 0.29) is 0 Å². The van der Waals surface area contributed by atoms with Crippen molar-refractivity contribution in [2.45, 2.75) is 32.6 Å². The Kier molecular flexibility index (Phi) is 2.88. The molecule has 0 unspecified atom stereocenters. The summed E-state index contributed by atoms with van der Waals surface area (Å²) in [5.41, 5.74) is 2.21. The number of thiazole rings is 2. The maximum absolute atomic E-state index is 4.67. The van der Waals surface area contributed by atoms with Gasteiger partial charge in [0.25, 0.3) is 0 Å². The topological polar surface area (TPSA) is 37.8 Å². The maximum atomic E-state index is 4.67. The van der Waals surface area contributed by atoms with Gasteiger partial charge in [0.15, 0.2) is 5.13 Å². The Balaban J connectivity index is 1.90. The van der Waals surface area contributed by atoms with E-state index in [1.54, 1.807) is 11.3 Å². The summed E-state index contributed by atoms with van der Waals surface area (Å²) in [6.07, 6.45) is 2.62. The van der Waals surface area contributed by atoms with Crippen molar-refractivity contribution in [2.24, 2.45) is 0 Å². The van der Waals surface area contributed by atoms with Crippen LogP contribution in [0.25, 0.3) is 10.6 Å². The largest absolute Gasteiger partial charge is 0.362 e. The number of aromatic nitrogens is 2. The summed E-state index contributed by atoms with van der Waals surface area (Å²) in [5.74, 6) is 0.735. The lowest BCUT2D eigenvalue weighted by molar-refractivity contribution is 1.06. The monoisotopic (exact) mass is 265 g/mol. The van der Waals surface area contributed by atoms with Gasteiger partial charge in [-0.3, -0.25) is 0 Å². The van der Waals surface area contributed by atoms with Crippen LogP contribution in [-0.4, -0.2) is 16.5 Å². The average molecular weight is 265 g/mol. The minimum absolute atomic E-state index is 0.735. The summed E-state index contributed by atoms with van der Waals surface area (Å²) >= 11 is 3.49. The van der Waals surface area contributed by atoms with Gasteiger partial charge in [-0.1, -0.05) is 0 Å². The Morgan fingerprint density at radius 1 is 1.41 bits per heavy atom. The highest BCUT2D eigenvalue weighted by Crippen LogP contribution is 2.44. The van der Waals surface area contributed by atoms with Gasteiger partial charge in [-0.25, -0.2) is 9.97 Å². The van der Waals surface area contributed by atoms with Gasteiger partial charge in [0, 0.05) is 17.8 Å². The number of hydrogen-bond acceptors (Lipinski definition) is 5. The van der Waals surface area contributed by atoms with E-state index in [0.717, 1.165) is 29.0 Å². The van der Waals surface area contributed by atoms with Crippen LogP contribution in [0, 0.1) is 6.92 Å². The Labute approximate surface area is 109 Å². The molecule has 0 bridgehead atoms. The van der Waals surface area contributed by atoms with Crippen molar-refractivity contribution >= 4 is 27.8 Å². The Morgan fingerprint density at radius 2 is 2.24 bits per heavy atom. The van der Waals surface area contributed by atoms with Crippen molar-refractivity contribution in [2.75, 3.05) is 11.9 Å². The Bertz CT molecular complexity index is 526. The van der Waals surface area contributed by atoms with Gasteiger partial charge in [-0.05, 0) is 26.7 Å². The molecule has 1 N–H and O–H groups in total. The van der Waals surface area contributed by atoms with E-state index in [1.165, 1.54) is 22.7 Å². The summed E-state index contributed by atoms with van der Waals surface area (Å²) < 4.78 is 0. The molecule has 0 saturated heterocycles. The number of nitrogens with zero attached hydrogens (tertiary/aromatic N) is 2. The minimum Gasteiger partial charge on any atom is -0.362 e. The first-order valence-corrected chi connectivity index (χ1v) is 7.64. The molecule has 0 aromatic carbocycles. The normalized spacial score (nSPS) is 15.2. The van der Waals surface area contributed by atoms with Crippen LogP contribution in [-0.2, 0) is 0 Å². The molecule has 5 heteroatoms. The van der Waals surface area contributed by atoms with Crippen LogP contribution in [0.1, 0.15) is 36.4 Å². The molecular formula is C12H15N3S2. The first kappa shape index (κ1) is 11.2. The maximum Gasteiger partial charge on any atom is 0.183 e. The van der Waals surface area contributed by atoms with E-state index in [9.17, 15) is 0 Å². The van der Waals surface area contributed by atoms with Crippen molar-refractivity contribution < 1.29 is 0 Å². The minimum atomic E-state index is 0.735. The highest BCUT2D eigenvalue weighted by atomic mass is 32.1. The molecule has 0 amide bonds. The van der Waals surface area contributed by atoms with Crippen LogP contribution >= 0.6 is 22.7 Å². The molecule has 90 valence electrons. The molecule has 3 rings (SSSR count). The molecule has 0 radical (unpaired) electrons. The number of aryl methyl sites for hydroxylation is 1. The van der Waals surface area contributed by atoms with E-state index in [1.807, 2.05) is 11.3 Å². The number of rotatable bonds is 4. The predicted molar refractivity (Wildman–Crippen MR) is 74.1 cm³/mol. The molecule has 2 aromatic heterocycles. The number of nitrogens with one attached hydrogen (secondary N) is 1. The van der Waals surface area contributed by atoms with Crippen LogP contribution in [0.4, 0.5) is 5.13 Å². The standard InChI is InChI=1S/C12H15N3S2/c1-3-13-12-15-9(6-16-12)10-7(2)14-11(17-10)8-4-5-8/h6,8H,3-5H2,1-2H3,(H,13,15). The zero-order valence-corrected chi connectivity index (χ0v) is 11.6. The zero-order chi connectivity index (χ0) is 11.8. The fourth-order valence-electron chi connectivity index (χ4n) is 1.77. The molecule has 1 aliphatic rings. The van der Waals surface area contributed by atoms with Crippen LogP contribution in [0.3, 0.4) is 0 Å².